The lowest BCUT2D eigenvalue weighted by Gasteiger charge is -2.10. The van der Waals surface area contributed by atoms with E-state index in [1.807, 2.05) is 17.8 Å². The highest BCUT2D eigenvalue weighted by Gasteiger charge is 2.04. The minimum atomic E-state index is 0.644. The van der Waals surface area contributed by atoms with E-state index in [1.54, 1.807) is 0 Å². The van der Waals surface area contributed by atoms with Crippen LogP contribution in [0.2, 0.25) is 0 Å². The number of hydrogen-bond donors (Lipinski definition) is 1. The van der Waals surface area contributed by atoms with Gasteiger partial charge >= 0.3 is 0 Å². The van der Waals surface area contributed by atoms with Crippen LogP contribution >= 0.6 is 11.8 Å². The quantitative estimate of drug-likeness (QED) is 0.590. The summed E-state index contributed by atoms with van der Waals surface area (Å²) in [5.74, 6) is 0. The lowest BCUT2D eigenvalue weighted by atomic mass is 10.2. The molecule has 2 N–H and O–H groups in total. The molecule has 0 aliphatic heterocycles. The van der Waals surface area contributed by atoms with Gasteiger partial charge in [0.15, 0.2) is 0 Å². The van der Waals surface area contributed by atoms with Crippen LogP contribution in [0.4, 0.5) is 5.69 Å². The zero-order valence-corrected chi connectivity index (χ0v) is 9.32. The van der Waals surface area contributed by atoms with Crippen molar-refractivity contribution in [2.75, 3.05) is 5.73 Å². The van der Waals surface area contributed by atoms with Crippen LogP contribution in [0.15, 0.2) is 23.1 Å². The third kappa shape index (κ3) is 2.96. The summed E-state index contributed by atoms with van der Waals surface area (Å²) in [5, 5.41) is 0.644. The molecule has 0 heterocycles. The van der Waals surface area contributed by atoms with Gasteiger partial charge < -0.3 is 5.73 Å². The van der Waals surface area contributed by atoms with Crippen LogP contribution in [0, 0.1) is 6.92 Å². The maximum Gasteiger partial charge on any atom is 0.0454 e. The molecule has 0 fully saturated rings. The maximum atomic E-state index is 5.90. The van der Waals surface area contributed by atoms with E-state index in [-0.39, 0.29) is 0 Å². The van der Waals surface area contributed by atoms with E-state index in [4.69, 9.17) is 5.73 Å². The fraction of sp³-hybridized carbons (Fsp3) is 0.455. The van der Waals surface area contributed by atoms with Crippen LogP contribution in [0.5, 0.6) is 0 Å². The Labute approximate surface area is 84.7 Å². The van der Waals surface area contributed by atoms with E-state index in [9.17, 15) is 0 Å². The molecule has 0 saturated carbocycles. The molecule has 0 bridgehead atoms. The Kier molecular flexibility index (Phi) is 3.67. The van der Waals surface area contributed by atoms with Crippen LogP contribution in [0.1, 0.15) is 25.8 Å². The van der Waals surface area contributed by atoms with Gasteiger partial charge in [0.25, 0.3) is 0 Å². The van der Waals surface area contributed by atoms with Gasteiger partial charge in [-0.3, -0.25) is 0 Å². The molecule has 0 spiro atoms. The number of nitrogen functional groups attached to an aromatic ring is 1. The van der Waals surface area contributed by atoms with Crippen molar-refractivity contribution in [1.29, 1.82) is 0 Å². The highest BCUT2D eigenvalue weighted by Crippen LogP contribution is 2.30. The third-order valence-corrected chi connectivity index (χ3v) is 3.43. The maximum absolute atomic E-state index is 5.90. The summed E-state index contributed by atoms with van der Waals surface area (Å²) in [7, 11) is 0. The Balaban J connectivity index is 2.77. The minimum absolute atomic E-state index is 0.644. The predicted molar refractivity (Wildman–Crippen MR) is 61.2 cm³/mol. The van der Waals surface area contributed by atoms with Crippen molar-refractivity contribution in [3.8, 4) is 0 Å². The lowest BCUT2D eigenvalue weighted by Crippen LogP contribution is -1.95. The van der Waals surface area contributed by atoms with E-state index < -0.39 is 0 Å². The summed E-state index contributed by atoms with van der Waals surface area (Å²) in [6.45, 7) is 6.49. The predicted octanol–water partition coefficient (Wildman–Crippen LogP) is 3.47. The molecule has 1 aromatic rings. The SMILES string of the molecule is CCC(C)Sc1ccc(C)cc1N. The van der Waals surface area contributed by atoms with E-state index in [2.05, 4.69) is 32.9 Å². The smallest absolute Gasteiger partial charge is 0.0454 e. The highest BCUT2D eigenvalue weighted by molar-refractivity contribution is 8.00. The Morgan fingerprint density at radius 1 is 1.46 bits per heavy atom. The van der Waals surface area contributed by atoms with Gasteiger partial charge in [-0.2, -0.15) is 0 Å². The molecule has 1 unspecified atom stereocenters. The molecule has 1 aromatic carbocycles. The van der Waals surface area contributed by atoms with Gasteiger partial charge in [0.2, 0.25) is 0 Å². The first-order chi connectivity index (χ1) is 6.13. The van der Waals surface area contributed by atoms with Gasteiger partial charge in [-0.25, -0.2) is 0 Å². The average molecular weight is 195 g/mol. The Bertz CT molecular complexity index is 283. The molecule has 0 aromatic heterocycles. The monoisotopic (exact) mass is 195 g/mol. The van der Waals surface area contributed by atoms with Gasteiger partial charge in [0, 0.05) is 15.8 Å². The zero-order chi connectivity index (χ0) is 9.84. The Morgan fingerprint density at radius 2 is 2.15 bits per heavy atom. The summed E-state index contributed by atoms with van der Waals surface area (Å²) in [6, 6.07) is 6.26. The first-order valence-electron chi connectivity index (χ1n) is 4.66. The van der Waals surface area contributed by atoms with Gasteiger partial charge in [-0.15, -0.1) is 11.8 Å². The standard InChI is InChI=1S/C11H17NS/c1-4-9(3)13-11-6-5-8(2)7-10(11)12/h5-7,9H,4,12H2,1-3H3. The fourth-order valence-electron chi connectivity index (χ4n) is 1.08. The van der Waals surface area contributed by atoms with Gasteiger partial charge in [-0.1, -0.05) is 19.9 Å². The van der Waals surface area contributed by atoms with Gasteiger partial charge in [-0.05, 0) is 31.0 Å². The largest absolute Gasteiger partial charge is 0.398 e. The van der Waals surface area contributed by atoms with E-state index in [0.29, 0.717) is 5.25 Å². The molecule has 1 nitrogen and oxygen atoms in total. The molecular formula is C11H17NS. The summed E-state index contributed by atoms with van der Waals surface area (Å²) in [6.07, 6.45) is 1.18. The molecule has 72 valence electrons. The number of rotatable bonds is 3. The highest BCUT2D eigenvalue weighted by atomic mass is 32.2. The van der Waals surface area contributed by atoms with Gasteiger partial charge in [0.1, 0.15) is 0 Å². The van der Waals surface area contributed by atoms with Crippen LogP contribution in [0.3, 0.4) is 0 Å². The molecule has 2 heteroatoms. The molecule has 0 amide bonds. The number of hydrogen-bond acceptors (Lipinski definition) is 2. The molecule has 0 radical (unpaired) electrons. The summed E-state index contributed by atoms with van der Waals surface area (Å²) in [4.78, 5) is 1.21. The van der Waals surface area contributed by atoms with Crippen LogP contribution < -0.4 is 5.73 Å². The topological polar surface area (TPSA) is 26.0 Å². The molecular weight excluding hydrogens is 178 g/mol. The fourth-order valence-corrected chi connectivity index (χ4v) is 2.02. The Morgan fingerprint density at radius 3 is 2.69 bits per heavy atom. The third-order valence-electron chi connectivity index (χ3n) is 2.07. The number of nitrogens with two attached hydrogens (primary N) is 1. The van der Waals surface area contributed by atoms with Crippen molar-refractivity contribution >= 4 is 17.4 Å². The zero-order valence-electron chi connectivity index (χ0n) is 8.50. The number of benzene rings is 1. The average Bonchev–Trinajstić information content (AvgIpc) is 2.09. The first-order valence-corrected chi connectivity index (χ1v) is 5.54. The molecule has 0 aliphatic rings. The summed E-state index contributed by atoms with van der Waals surface area (Å²) >= 11 is 1.85. The molecule has 1 rings (SSSR count). The van der Waals surface area contributed by atoms with E-state index in [1.165, 1.54) is 16.9 Å². The van der Waals surface area contributed by atoms with Crippen molar-refractivity contribution in [3.63, 3.8) is 0 Å². The Hall–Kier alpha value is -0.630. The second kappa shape index (κ2) is 4.56. The second-order valence-corrected chi connectivity index (χ2v) is 4.86. The molecule has 1 atom stereocenters. The number of anilines is 1. The van der Waals surface area contributed by atoms with Crippen molar-refractivity contribution in [1.82, 2.24) is 0 Å². The van der Waals surface area contributed by atoms with Crippen LogP contribution in [-0.2, 0) is 0 Å². The lowest BCUT2D eigenvalue weighted by molar-refractivity contribution is 0.906. The summed E-state index contributed by atoms with van der Waals surface area (Å²) in [5.41, 5.74) is 8.04. The van der Waals surface area contributed by atoms with Crippen molar-refractivity contribution in [2.24, 2.45) is 0 Å². The van der Waals surface area contributed by atoms with E-state index in [0.717, 1.165) is 5.69 Å². The second-order valence-electron chi connectivity index (χ2n) is 3.38. The minimum Gasteiger partial charge on any atom is -0.398 e. The van der Waals surface area contributed by atoms with Crippen molar-refractivity contribution in [2.45, 2.75) is 37.3 Å². The van der Waals surface area contributed by atoms with Crippen LogP contribution in [0.25, 0.3) is 0 Å². The van der Waals surface area contributed by atoms with Crippen molar-refractivity contribution in [3.05, 3.63) is 23.8 Å². The van der Waals surface area contributed by atoms with Crippen LogP contribution in [-0.4, -0.2) is 5.25 Å². The van der Waals surface area contributed by atoms with E-state index >= 15 is 0 Å². The molecule has 0 saturated heterocycles. The molecule has 13 heavy (non-hydrogen) atoms. The number of thioether (sulfide) groups is 1. The first kappa shape index (κ1) is 10.5. The van der Waals surface area contributed by atoms with Crippen molar-refractivity contribution < 1.29 is 0 Å². The summed E-state index contributed by atoms with van der Waals surface area (Å²) < 4.78 is 0. The normalized spacial score (nSPS) is 12.8. The van der Waals surface area contributed by atoms with Gasteiger partial charge in [0.05, 0.1) is 0 Å². The number of aryl methyl sites for hydroxylation is 1. The molecule has 0 aliphatic carbocycles.